The molecule has 1 aliphatic rings. The third-order valence-electron chi connectivity index (χ3n) is 4.32. The van der Waals surface area contributed by atoms with E-state index >= 15 is 0 Å². The van der Waals surface area contributed by atoms with Crippen molar-refractivity contribution >= 4 is 17.9 Å². The summed E-state index contributed by atoms with van der Waals surface area (Å²) >= 11 is 0. The minimum absolute atomic E-state index is 0.0159. The van der Waals surface area contributed by atoms with Crippen LogP contribution in [0.3, 0.4) is 0 Å². The number of nitrogens with one attached hydrogen (secondary N) is 2. The van der Waals surface area contributed by atoms with E-state index in [9.17, 15) is 14.4 Å². The van der Waals surface area contributed by atoms with E-state index in [-0.39, 0.29) is 36.9 Å². The molecule has 142 valence electrons. The SMILES string of the molecule is CCOC(=O)N1CCC(NC(=O)CNC(=O)Cc2ccc(C)cc2)CC1. The Morgan fingerprint density at radius 2 is 1.77 bits per heavy atom. The second-order valence-corrected chi connectivity index (χ2v) is 6.47. The van der Waals surface area contributed by atoms with Crippen LogP contribution in [0.5, 0.6) is 0 Å². The van der Waals surface area contributed by atoms with Crippen LogP contribution in [-0.2, 0) is 20.7 Å². The first-order chi connectivity index (χ1) is 12.5. The molecule has 0 atom stereocenters. The molecule has 7 heteroatoms. The van der Waals surface area contributed by atoms with Gasteiger partial charge in [-0.3, -0.25) is 9.59 Å². The monoisotopic (exact) mass is 361 g/mol. The number of aryl methyl sites for hydroxylation is 1. The summed E-state index contributed by atoms with van der Waals surface area (Å²) in [6, 6.07) is 7.75. The van der Waals surface area contributed by atoms with Crippen molar-refractivity contribution in [2.45, 2.75) is 39.2 Å². The summed E-state index contributed by atoms with van der Waals surface area (Å²) in [6.07, 6.45) is 1.32. The van der Waals surface area contributed by atoms with Crippen molar-refractivity contribution in [2.24, 2.45) is 0 Å². The number of hydrogen-bond donors (Lipinski definition) is 2. The maximum atomic E-state index is 12.0. The Morgan fingerprint density at radius 1 is 1.12 bits per heavy atom. The van der Waals surface area contributed by atoms with Gasteiger partial charge in [-0.05, 0) is 32.3 Å². The summed E-state index contributed by atoms with van der Waals surface area (Å²) in [4.78, 5) is 37.2. The third kappa shape index (κ3) is 6.38. The van der Waals surface area contributed by atoms with Gasteiger partial charge >= 0.3 is 6.09 Å². The molecule has 1 aliphatic heterocycles. The highest BCUT2D eigenvalue weighted by Crippen LogP contribution is 2.11. The van der Waals surface area contributed by atoms with E-state index in [1.165, 1.54) is 0 Å². The van der Waals surface area contributed by atoms with Crippen molar-refractivity contribution in [3.63, 3.8) is 0 Å². The smallest absolute Gasteiger partial charge is 0.409 e. The first-order valence-corrected chi connectivity index (χ1v) is 9.01. The number of nitrogens with zero attached hydrogens (tertiary/aromatic N) is 1. The molecule has 2 rings (SSSR count). The number of ether oxygens (including phenoxy) is 1. The predicted molar refractivity (Wildman–Crippen MR) is 97.7 cm³/mol. The number of likely N-dealkylation sites (tertiary alicyclic amines) is 1. The molecule has 0 aromatic heterocycles. The standard InChI is InChI=1S/C19H27N3O4/c1-3-26-19(25)22-10-8-16(9-11-22)21-18(24)13-20-17(23)12-15-6-4-14(2)5-7-15/h4-7,16H,3,8-13H2,1-2H3,(H,20,23)(H,21,24). The van der Waals surface area contributed by atoms with E-state index in [1.807, 2.05) is 31.2 Å². The van der Waals surface area contributed by atoms with Gasteiger partial charge in [-0.2, -0.15) is 0 Å². The molecule has 0 aliphatic carbocycles. The van der Waals surface area contributed by atoms with Gasteiger partial charge in [0.1, 0.15) is 0 Å². The predicted octanol–water partition coefficient (Wildman–Crippen LogP) is 1.39. The van der Waals surface area contributed by atoms with Crippen molar-refractivity contribution < 1.29 is 19.1 Å². The van der Waals surface area contributed by atoms with E-state index < -0.39 is 0 Å². The summed E-state index contributed by atoms with van der Waals surface area (Å²) in [5, 5.41) is 5.55. The number of carbonyl (C=O) groups is 3. The van der Waals surface area contributed by atoms with Crippen molar-refractivity contribution in [3.05, 3.63) is 35.4 Å². The zero-order chi connectivity index (χ0) is 18.9. The minimum Gasteiger partial charge on any atom is -0.450 e. The van der Waals surface area contributed by atoms with Crippen molar-refractivity contribution in [3.8, 4) is 0 Å². The molecule has 26 heavy (non-hydrogen) atoms. The molecule has 7 nitrogen and oxygen atoms in total. The van der Waals surface area contributed by atoms with E-state index in [4.69, 9.17) is 4.74 Å². The Bertz CT molecular complexity index is 622. The molecule has 1 saturated heterocycles. The minimum atomic E-state index is -0.305. The normalized spacial score (nSPS) is 14.6. The highest BCUT2D eigenvalue weighted by Gasteiger charge is 2.24. The van der Waals surface area contributed by atoms with E-state index in [1.54, 1.807) is 11.8 Å². The Balaban J connectivity index is 1.65. The summed E-state index contributed by atoms with van der Waals surface area (Å²) in [7, 11) is 0. The maximum Gasteiger partial charge on any atom is 0.409 e. The lowest BCUT2D eigenvalue weighted by molar-refractivity contribution is -0.126. The highest BCUT2D eigenvalue weighted by molar-refractivity contribution is 5.85. The fraction of sp³-hybridized carbons (Fsp3) is 0.526. The van der Waals surface area contributed by atoms with Gasteiger partial charge in [-0.25, -0.2) is 4.79 Å². The van der Waals surface area contributed by atoms with E-state index in [2.05, 4.69) is 10.6 Å². The number of carbonyl (C=O) groups excluding carboxylic acids is 3. The van der Waals surface area contributed by atoms with Gasteiger partial charge in [0.05, 0.1) is 19.6 Å². The average molecular weight is 361 g/mol. The molecule has 2 N–H and O–H groups in total. The van der Waals surface area contributed by atoms with Crippen LogP contribution in [0.2, 0.25) is 0 Å². The lowest BCUT2D eigenvalue weighted by Crippen LogP contribution is -2.48. The Hall–Kier alpha value is -2.57. The van der Waals surface area contributed by atoms with E-state index in [0.717, 1.165) is 11.1 Å². The molecule has 1 fully saturated rings. The van der Waals surface area contributed by atoms with Gasteiger partial charge < -0.3 is 20.3 Å². The number of rotatable bonds is 6. The first-order valence-electron chi connectivity index (χ1n) is 9.01. The molecule has 1 aromatic carbocycles. The fourth-order valence-corrected chi connectivity index (χ4v) is 2.83. The number of benzene rings is 1. The van der Waals surface area contributed by atoms with Crippen molar-refractivity contribution in [1.82, 2.24) is 15.5 Å². The van der Waals surface area contributed by atoms with Crippen LogP contribution in [0, 0.1) is 6.92 Å². The lowest BCUT2D eigenvalue weighted by Gasteiger charge is -2.31. The van der Waals surface area contributed by atoms with Crippen LogP contribution in [0.15, 0.2) is 24.3 Å². The van der Waals surface area contributed by atoms with Crippen molar-refractivity contribution in [2.75, 3.05) is 26.2 Å². The Morgan fingerprint density at radius 3 is 2.38 bits per heavy atom. The van der Waals surface area contributed by atoms with Gasteiger partial charge in [0.2, 0.25) is 11.8 Å². The molecular weight excluding hydrogens is 334 g/mol. The number of piperidine rings is 1. The molecule has 3 amide bonds. The van der Waals surface area contributed by atoms with Gasteiger partial charge in [0, 0.05) is 19.1 Å². The second kappa shape index (κ2) is 9.79. The molecular formula is C19H27N3O4. The summed E-state index contributed by atoms with van der Waals surface area (Å²) < 4.78 is 4.97. The van der Waals surface area contributed by atoms with Gasteiger partial charge in [0.15, 0.2) is 0 Å². The number of hydrogen-bond acceptors (Lipinski definition) is 4. The second-order valence-electron chi connectivity index (χ2n) is 6.47. The highest BCUT2D eigenvalue weighted by atomic mass is 16.6. The van der Waals surface area contributed by atoms with Crippen molar-refractivity contribution in [1.29, 1.82) is 0 Å². The zero-order valence-electron chi connectivity index (χ0n) is 15.4. The Labute approximate surface area is 154 Å². The topological polar surface area (TPSA) is 87.7 Å². The van der Waals surface area contributed by atoms with Crippen LogP contribution in [0.25, 0.3) is 0 Å². The maximum absolute atomic E-state index is 12.0. The quantitative estimate of drug-likeness (QED) is 0.802. The molecule has 0 bridgehead atoms. The molecule has 0 unspecified atom stereocenters. The van der Waals surface area contributed by atoms with Gasteiger partial charge in [-0.15, -0.1) is 0 Å². The van der Waals surface area contributed by atoms with Crippen LogP contribution in [0.1, 0.15) is 30.9 Å². The van der Waals surface area contributed by atoms with Crippen LogP contribution < -0.4 is 10.6 Å². The summed E-state index contributed by atoms with van der Waals surface area (Å²) in [5.74, 6) is -0.391. The molecule has 0 saturated carbocycles. The molecule has 0 radical (unpaired) electrons. The zero-order valence-corrected chi connectivity index (χ0v) is 15.4. The molecule has 0 spiro atoms. The third-order valence-corrected chi connectivity index (χ3v) is 4.32. The van der Waals surface area contributed by atoms with Crippen LogP contribution in [0.4, 0.5) is 4.79 Å². The van der Waals surface area contributed by atoms with Crippen LogP contribution >= 0.6 is 0 Å². The molecule has 1 aromatic rings. The summed E-state index contributed by atoms with van der Waals surface area (Å²) in [6.45, 7) is 5.21. The number of amides is 3. The molecule has 1 heterocycles. The fourth-order valence-electron chi connectivity index (χ4n) is 2.83. The lowest BCUT2D eigenvalue weighted by atomic mass is 10.1. The van der Waals surface area contributed by atoms with Crippen LogP contribution in [-0.4, -0.2) is 55.1 Å². The van der Waals surface area contributed by atoms with Gasteiger partial charge in [-0.1, -0.05) is 29.8 Å². The largest absolute Gasteiger partial charge is 0.450 e. The Kier molecular flexibility index (Phi) is 7.44. The average Bonchev–Trinajstić information content (AvgIpc) is 2.63. The first kappa shape index (κ1) is 19.8. The summed E-state index contributed by atoms with van der Waals surface area (Å²) in [5.41, 5.74) is 2.06. The van der Waals surface area contributed by atoms with Gasteiger partial charge in [0.25, 0.3) is 0 Å². The van der Waals surface area contributed by atoms with E-state index in [0.29, 0.717) is 32.5 Å².